The van der Waals surface area contributed by atoms with Gasteiger partial charge in [-0.3, -0.25) is 19.1 Å². The zero-order valence-corrected chi connectivity index (χ0v) is 24.3. The molecule has 2 atom stereocenters. The van der Waals surface area contributed by atoms with Crippen LogP contribution in [-0.4, -0.2) is 65.3 Å². The highest BCUT2D eigenvalue weighted by molar-refractivity contribution is 6.01. The van der Waals surface area contributed by atoms with E-state index < -0.39 is 48.2 Å². The van der Waals surface area contributed by atoms with Gasteiger partial charge in [0.1, 0.15) is 29.8 Å². The number of amides is 3. The molecule has 0 spiro atoms. The van der Waals surface area contributed by atoms with Gasteiger partial charge in [0.15, 0.2) is 0 Å². The second-order valence-electron chi connectivity index (χ2n) is 11.6. The van der Waals surface area contributed by atoms with Gasteiger partial charge in [-0.1, -0.05) is 0 Å². The Hall–Kier alpha value is -3.64. The van der Waals surface area contributed by atoms with E-state index in [1.807, 2.05) is 13.8 Å². The molecule has 2 fully saturated rings. The highest BCUT2D eigenvalue weighted by Crippen LogP contribution is 2.51. The second kappa shape index (κ2) is 12.3. The molecule has 2 aliphatic rings. The van der Waals surface area contributed by atoms with E-state index in [4.69, 9.17) is 4.74 Å². The normalized spacial score (nSPS) is 16.7. The molecule has 0 bridgehead atoms. The van der Waals surface area contributed by atoms with Crippen molar-refractivity contribution in [1.82, 2.24) is 20.0 Å². The maximum absolute atomic E-state index is 15.4. The Morgan fingerprint density at radius 3 is 2.26 bits per heavy atom. The Balaban J connectivity index is 1.58. The summed E-state index contributed by atoms with van der Waals surface area (Å²) in [6.07, 6.45) is 0.686. The summed E-state index contributed by atoms with van der Waals surface area (Å²) in [5, 5.41) is 9.69. The van der Waals surface area contributed by atoms with Crippen molar-refractivity contribution in [2.45, 2.75) is 70.6 Å². The highest BCUT2D eigenvalue weighted by atomic mass is 19.4. The maximum Gasteiger partial charge on any atom is 0.406 e. The Morgan fingerprint density at radius 1 is 1.12 bits per heavy atom. The Bertz CT molecular complexity index is 1310. The third kappa shape index (κ3) is 7.22. The lowest BCUT2D eigenvalue weighted by molar-refractivity contribution is -0.159. The predicted octanol–water partition coefficient (Wildman–Crippen LogP) is 4.91. The average Bonchev–Trinajstić information content (AvgIpc) is 3.86. The van der Waals surface area contributed by atoms with E-state index in [0.717, 1.165) is 38.8 Å². The summed E-state index contributed by atoms with van der Waals surface area (Å²) in [4.78, 5) is 40.2. The molecule has 3 amide bonds. The van der Waals surface area contributed by atoms with Crippen LogP contribution in [0.4, 0.5) is 23.2 Å². The molecule has 1 aromatic heterocycles. The number of benzene rings is 1. The van der Waals surface area contributed by atoms with E-state index in [1.165, 1.54) is 26.3 Å². The molecule has 2 saturated carbocycles. The molecule has 0 radical (unpaired) electrons. The van der Waals surface area contributed by atoms with Crippen LogP contribution in [-0.2, 0) is 9.59 Å². The van der Waals surface area contributed by atoms with E-state index >= 15 is 4.39 Å². The Morgan fingerprint density at radius 2 is 1.74 bits per heavy atom. The van der Waals surface area contributed by atoms with Gasteiger partial charge in [0.05, 0.1) is 18.7 Å². The minimum atomic E-state index is -4.59. The number of anilines is 1. The van der Waals surface area contributed by atoms with E-state index in [0.29, 0.717) is 10.6 Å². The highest BCUT2D eigenvalue weighted by Gasteiger charge is 2.48. The van der Waals surface area contributed by atoms with Crippen LogP contribution in [0.3, 0.4) is 0 Å². The number of hydrogen-bond donors (Lipinski definition) is 2. The first-order chi connectivity index (χ1) is 19.7. The number of nitrogens with zero attached hydrogens (tertiary/aromatic N) is 3. The SMILES string of the molecule is COc1cc(NC(=O)[C@@H](NC(=O)c2ccnn2C(C)C)C(C2CC2)C2CC2)c(F)cc1C(C)C(=O)N(C)CC(F)(F)F. The first-order valence-electron chi connectivity index (χ1n) is 14.1. The molecule has 2 N–H and O–H groups in total. The van der Waals surface area contributed by atoms with Crippen LogP contribution in [0.2, 0.25) is 0 Å². The van der Waals surface area contributed by atoms with Gasteiger partial charge in [-0.25, -0.2) is 4.39 Å². The van der Waals surface area contributed by atoms with Crippen molar-refractivity contribution in [3.05, 3.63) is 41.5 Å². The smallest absolute Gasteiger partial charge is 0.406 e. The molecule has 2 aliphatic carbocycles. The summed E-state index contributed by atoms with van der Waals surface area (Å²) in [7, 11) is 2.29. The Labute approximate surface area is 242 Å². The van der Waals surface area contributed by atoms with Crippen LogP contribution in [0, 0.1) is 23.6 Å². The number of nitrogens with one attached hydrogen (secondary N) is 2. The third-order valence-electron chi connectivity index (χ3n) is 7.89. The summed E-state index contributed by atoms with van der Waals surface area (Å²) in [6.45, 7) is 3.67. The lowest BCUT2D eigenvalue weighted by Gasteiger charge is -2.28. The number of carbonyl (C=O) groups excluding carboxylic acids is 3. The lowest BCUT2D eigenvalue weighted by atomic mass is 9.88. The monoisotopic (exact) mass is 595 g/mol. The number of rotatable bonds is 12. The molecular formula is C29H37F4N5O4. The van der Waals surface area contributed by atoms with Gasteiger partial charge in [0, 0.05) is 30.9 Å². The van der Waals surface area contributed by atoms with Gasteiger partial charge in [-0.15, -0.1) is 0 Å². The average molecular weight is 596 g/mol. The van der Waals surface area contributed by atoms with Crippen LogP contribution >= 0.6 is 0 Å². The summed E-state index contributed by atoms with van der Waals surface area (Å²) in [6, 6.07) is 2.73. The number of hydrogen-bond acceptors (Lipinski definition) is 5. The molecule has 1 heterocycles. The summed E-state index contributed by atoms with van der Waals surface area (Å²) < 4.78 is 60.7. The minimum Gasteiger partial charge on any atom is -0.496 e. The molecule has 1 unspecified atom stereocenters. The van der Waals surface area contributed by atoms with Gasteiger partial charge >= 0.3 is 6.18 Å². The van der Waals surface area contributed by atoms with Crippen molar-refractivity contribution in [1.29, 1.82) is 0 Å². The van der Waals surface area contributed by atoms with Crippen LogP contribution in [0.5, 0.6) is 5.75 Å². The number of methoxy groups -OCH3 is 1. The molecule has 1 aromatic carbocycles. The zero-order valence-electron chi connectivity index (χ0n) is 24.3. The van der Waals surface area contributed by atoms with Crippen LogP contribution < -0.4 is 15.4 Å². The van der Waals surface area contributed by atoms with Crippen molar-refractivity contribution in [3.63, 3.8) is 0 Å². The third-order valence-corrected chi connectivity index (χ3v) is 7.89. The van der Waals surface area contributed by atoms with Crippen molar-refractivity contribution in [2.24, 2.45) is 17.8 Å². The van der Waals surface area contributed by atoms with Gasteiger partial charge in [-0.05, 0) is 76.3 Å². The Kier molecular flexibility index (Phi) is 9.17. The predicted molar refractivity (Wildman–Crippen MR) is 146 cm³/mol. The van der Waals surface area contributed by atoms with E-state index in [2.05, 4.69) is 15.7 Å². The first-order valence-corrected chi connectivity index (χ1v) is 14.1. The summed E-state index contributed by atoms with van der Waals surface area (Å²) in [5.74, 6) is -3.53. The van der Waals surface area contributed by atoms with E-state index in [1.54, 1.807) is 10.7 Å². The topological polar surface area (TPSA) is 106 Å². The zero-order chi connectivity index (χ0) is 30.9. The van der Waals surface area contributed by atoms with Crippen LogP contribution in [0.1, 0.15) is 74.5 Å². The molecule has 42 heavy (non-hydrogen) atoms. The second-order valence-corrected chi connectivity index (χ2v) is 11.6. The molecule has 2 aromatic rings. The van der Waals surface area contributed by atoms with Crippen molar-refractivity contribution in [2.75, 3.05) is 26.0 Å². The number of likely N-dealkylation sites (N-methyl/N-ethyl adjacent to an activating group) is 1. The number of alkyl halides is 3. The molecule has 0 saturated heterocycles. The van der Waals surface area contributed by atoms with E-state index in [9.17, 15) is 27.6 Å². The quantitative estimate of drug-likeness (QED) is 0.340. The number of aromatic nitrogens is 2. The molecule has 230 valence electrons. The summed E-state index contributed by atoms with van der Waals surface area (Å²) >= 11 is 0. The fourth-order valence-electron chi connectivity index (χ4n) is 5.55. The molecule has 13 heteroatoms. The number of ether oxygens (including phenoxy) is 1. The van der Waals surface area contributed by atoms with Crippen LogP contribution in [0.25, 0.3) is 0 Å². The van der Waals surface area contributed by atoms with Crippen molar-refractivity contribution in [3.8, 4) is 5.75 Å². The largest absolute Gasteiger partial charge is 0.496 e. The maximum atomic E-state index is 15.4. The van der Waals surface area contributed by atoms with Crippen molar-refractivity contribution < 1.29 is 36.7 Å². The molecule has 4 rings (SSSR count). The first kappa shape index (κ1) is 31.3. The molecular weight excluding hydrogens is 558 g/mol. The van der Waals surface area contributed by atoms with Gasteiger partial charge < -0.3 is 20.3 Å². The molecule has 0 aliphatic heterocycles. The van der Waals surface area contributed by atoms with Crippen LogP contribution in [0.15, 0.2) is 24.4 Å². The molecule has 9 nitrogen and oxygen atoms in total. The van der Waals surface area contributed by atoms with E-state index in [-0.39, 0.29) is 40.8 Å². The summed E-state index contributed by atoms with van der Waals surface area (Å²) in [5.41, 5.74) is 0.105. The fraction of sp³-hybridized carbons (Fsp3) is 0.586. The van der Waals surface area contributed by atoms with Gasteiger partial charge in [0.2, 0.25) is 11.8 Å². The number of halogens is 4. The minimum absolute atomic E-state index is 0.0234. The lowest BCUT2D eigenvalue weighted by Crippen LogP contribution is -2.50. The van der Waals surface area contributed by atoms with Crippen molar-refractivity contribution >= 4 is 23.4 Å². The number of carbonyl (C=O) groups is 3. The standard InChI is InChI=1S/C29H37F4N5O4/c1-15(2)38-22(10-11-34-38)26(39)36-25(24(17-6-7-17)18-8-9-18)27(40)35-21-13-23(42-5)19(12-20(21)30)16(3)28(41)37(4)14-29(31,32)33/h10-13,15-18,24-25H,6-9,14H2,1-5H3,(H,35,40)(H,36,39)/t16?,25-/m0/s1. The van der Waals surface area contributed by atoms with Gasteiger partial charge in [0.25, 0.3) is 5.91 Å². The van der Waals surface area contributed by atoms with Gasteiger partial charge in [-0.2, -0.15) is 18.3 Å². The fourth-order valence-corrected chi connectivity index (χ4v) is 5.55.